The van der Waals surface area contributed by atoms with E-state index in [4.69, 9.17) is 16.3 Å². The number of nitrogens with zero attached hydrogens (tertiary/aromatic N) is 4. The number of benzene rings is 1. The highest BCUT2D eigenvalue weighted by atomic mass is 35.5. The molecule has 3 aliphatic carbocycles. The Balaban J connectivity index is 1.10. The van der Waals surface area contributed by atoms with Crippen molar-refractivity contribution in [2.75, 3.05) is 36.2 Å². The highest BCUT2D eigenvalue weighted by Crippen LogP contribution is 2.53. The summed E-state index contributed by atoms with van der Waals surface area (Å²) in [5.74, 6) is -2.19. The van der Waals surface area contributed by atoms with Crippen molar-refractivity contribution in [3.05, 3.63) is 58.7 Å². The normalized spacial score (nSPS) is 23.0. The maximum atomic E-state index is 13.3. The molecule has 17 heteroatoms. The molecule has 1 aromatic carbocycles. The minimum Gasteiger partial charge on any atom is -0.446 e. The van der Waals surface area contributed by atoms with E-state index < -0.39 is 55.4 Å². The summed E-state index contributed by atoms with van der Waals surface area (Å²) in [4.78, 5) is 27.7. The second kappa shape index (κ2) is 12.4. The van der Waals surface area contributed by atoms with Crippen LogP contribution in [0.1, 0.15) is 57.9 Å². The van der Waals surface area contributed by atoms with Crippen molar-refractivity contribution in [1.29, 1.82) is 0 Å². The van der Waals surface area contributed by atoms with E-state index in [2.05, 4.69) is 49.1 Å². The SMILES string of the molecule is CC1(C)CCN(CC2(S(=O)(=O)NC(=O)C3=CCC(Nc4nc(NC5(c6ccc(Cl)cc6)CC5)nc(OCS(F)(F)F)n4)C=C3)CC2)C1. The molecule has 47 heavy (non-hydrogen) atoms. The van der Waals surface area contributed by atoms with Gasteiger partial charge >= 0.3 is 6.01 Å². The second-order valence-corrected chi connectivity index (χ2v) is 17.2. The van der Waals surface area contributed by atoms with Crippen LogP contribution < -0.4 is 20.1 Å². The zero-order chi connectivity index (χ0) is 33.7. The maximum absolute atomic E-state index is 13.3. The van der Waals surface area contributed by atoms with Crippen LogP contribution in [0.4, 0.5) is 23.6 Å². The summed E-state index contributed by atoms with van der Waals surface area (Å²) >= 11 is 0.564. The third-order valence-corrected chi connectivity index (χ3v) is 11.8. The molecule has 3 N–H and O–H groups in total. The van der Waals surface area contributed by atoms with Gasteiger partial charge in [0, 0.05) is 23.7 Å². The third-order valence-electron chi connectivity index (χ3n) is 8.98. The van der Waals surface area contributed by atoms with Gasteiger partial charge in [0.05, 0.1) is 11.6 Å². The fourth-order valence-electron chi connectivity index (χ4n) is 6.02. The molecule has 1 atom stereocenters. The number of halogens is 4. The fraction of sp³-hybridized carbons (Fsp3) is 0.533. The lowest BCUT2D eigenvalue weighted by atomic mass is 9.93. The molecular formula is C30H37ClF3N7O4S2. The molecule has 1 saturated heterocycles. The van der Waals surface area contributed by atoms with Crippen molar-refractivity contribution >= 4 is 50.6 Å². The van der Waals surface area contributed by atoms with Crippen LogP contribution in [-0.2, 0) is 20.4 Å². The molecule has 0 radical (unpaired) electrons. The minimum absolute atomic E-state index is 0.0270. The molecule has 256 valence electrons. The smallest absolute Gasteiger partial charge is 0.324 e. The molecule has 11 nitrogen and oxygen atoms in total. The predicted octanol–water partition coefficient (Wildman–Crippen LogP) is 5.80. The standard InChI is InChI=1S/C30H37ClF3N7O4S2/c1-28(2)15-16-41(17-28)18-29(11-12-29)47(43,44)40-24(42)20-3-9-23(10-4-20)35-25-36-26(38-27(37-25)45-19-46(32,33)34)39-30(13-14-30)21-5-7-22(31)8-6-21/h3-9,23H,10-19H2,1-2H3,(H,40,42)(H2,35,36,37,38,39). The summed E-state index contributed by atoms with van der Waals surface area (Å²) in [6.07, 6.45) is 8.51. The number of ether oxygens (including phenoxy) is 1. The summed E-state index contributed by atoms with van der Waals surface area (Å²) in [6, 6.07) is 6.30. The Hall–Kier alpha value is -3.08. The van der Waals surface area contributed by atoms with E-state index in [1.807, 2.05) is 12.1 Å². The molecule has 1 aliphatic heterocycles. The minimum atomic E-state index is -5.47. The quantitative estimate of drug-likeness (QED) is 0.233. The molecule has 1 unspecified atom stereocenters. The molecular weight excluding hydrogens is 679 g/mol. The number of rotatable bonds is 13. The molecule has 6 rings (SSSR count). The molecule has 3 fully saturated rings. The van der Waals surface area contributed by atoms with Gasteiger partial charge < -0.3 is 20.3 Å². The van der Waals surface area contributed by atoms with E-state index in [0.717, 1.165) is 37.9 Å². The predicted molar refractivity (Wildman–Crippen MR) is 175 cm³/mol. The second-order valence-electron chi connectivity index (χ2n) is 13.5. The monoisotopic (exact) mass is 715 g/mol. The van der Waals surface area contributed by atoms with Crippen LogP contribution in [0.3, 0.4) is 0 Å². The summed E-state index contributed by atoms with van der Waals surface area (Å²) < 4.78 is 71.8. The van der Waals surface area contributed by atoms with E-state index in [-0.39, 0.29) is 29.3 Å². The molecule has 4 aliphatic rings. The van der Waals surface area contributed by atoms with Crippen LogP contribution in [0, 0.1) is 5.41 Å². The zero-order valence-electron chi connectivity index (χ0n) is 25.9. The van der Waals surface area contributed by atoms with Crippen LogP contribution in [0.15, 0.2) is 48.1 Å². The number of hydrogen-bond donors (Lipinski definition) is 3. The average Bonchev–Trinajstić information content (AvgIpc) is 3.91. The Kier molecular flexibility index (Phi) is 8.94. The van der Waals surface area contributed by atoms with Gasteiger partial charge in [0.25, 0.3) is 5.91 Å². The van der Waals surface area contributed by atoms with Crippen molar-refractivity contribution in [2.45, 2.75) is 68.7 Å². The summed E-state index contributed by atoms with van der Waals surface area (Å²) in [7, 11) is -3.91. The van der Waals surface area contributed by atoms with E-state index in [1.165, 1.54) is 6.08 Å². The first kappa shape index (κ1) is 33.8. The van der Waals surface area contributed by atoms with Crippen LogP contribution in [0.2, 0.25) is 5.02 Å². The Morgan fingerprint density at radius 1 is 1.04 bits per heavy atom. The van der Waals surface area contributed by atoms with Gasteiger partial charge in [-0.2, -0.15) is 15.0 Å². The molecule has 1 aromatic heterocycles. The van der Waals surface area contributed by atoms with Gasteiger partial charge in [-0.15, -0.1) is 11.7 Å². The van der Waals surface area contributed by atoms with Crippen LogP contribution in [-0.4, -0.2) is 70.5 Å². The lowest BCUT2D eigenvalue weighted by Gasteiger charge is -2.25. The van der Waals surface area contributed by atoms with Crippen molar-refractivity contribution < 1.29 is 29.6 Å². The number of nitrogens with one attached hydrogen (secondary N) is 3. The molecule has 0 bridgehead atoms. The lowest BCUT2D eigenvalue weighted by molar-refractivity contribution is -0.115. The number of carbonyl (C=O) groups is 1. The van der Waals surface area contributed by atoms with Gasteiger partial charge in [0.1, 0.15) is 4.75 Å². The largest absolute Gasteiger partial charge is 0.446 e. The Morgan fingerprint density at radius 3 is 2.32 bits per heavy atom. The maximum Gasteiger partial charge on any atom is 0.324 e. The molecule has 2 saturated carbocycles. The summed E-state index contributed by atoms with van der Waals surface area (Å²) in [6.45, 7) is 6.38. The Morgan fingerprint density at radius 2 is 1.74 bits per heavy atom. The van der Waals surface area contributed by atoms with E-state index in [0.29, 0.717) is 24.4 Å². The van der Waals surface area contributed by atoms with Gasteiger partial charge in [-0.1, -0.05) is 55.8 Å². The van der Waals surface area contributed by atoms with Gasteiger partial charge in [0.15, 0.2) is 0 Å². The fourth-order valence-corrected chi connectivity index (χ4v) is 7.96. The zero-order valence-corrected chi connectivity index (χ0v) is 28.3. The van der Waals surface area contributed by atoms with Gasteiger partial charge in [0.2, 0.25) is 39.0 Å². The number of aromatic nitrogens is 3. The number of amides is 1. The Bertz CT molecular complexity index is 1700. The van der Waals surface area contributed by atoms with Gasteiger partial charge in [-0.05, 0) is 68.2 Å². The number of anilines is 2. The average molecular weight is 716 g/mol. The first-order chi connectivity index (χ1) is 22.0. The highest BCUT2D eigenvalue weighted by molar-refractivity contribution is 8.20. The molecule has 1 amide bonds. The first-order valence-electron chi connectivity index (χ1n) is 15.3. The van der Waals surface area contributed by atoms with Crippen molar-refractivity contribution in [2.24, 2.45) is 5.41 Å². The molecule has 0 spiro atoms. The van der Waals surface area contributed by atoms with Crippen LogP contribution >= 0.6 is 22.8 Å². The summed E-state index contributed by atoms with van der Waals surface area (Å²) in [5, 5.41) is 6.84. The number of hydrogen-bond acceptors (Lipinski definition) is 10. The summed E-state index contributed by atoms with van der Waals surface area (Å²) in [5.41, 5.74) is 0.758. The van der Waals surface area contributed by atoms with E-state index in [1.54, 1.807) is 24.3 Å². The number of carbonyl (C=O) groups excluding carboxylic acids is 1. The van der Waals surface area contributed by atoms with E-state index in [9.17, 15) is 24.9 Å². The van der Waals surface area contributed by atoms with Crippen molar-refractivity contribution in [3.8, 4) is 6.01 Å². The Labute approximate surface area is 279 Å². The number of sulfonamides is 1. The van der Waals surface area contributed by atoms with Crippen molar-refractivity contribution in [1.82, 2.24) is 24.6 Å². The third kappa shape index (κ3) is 8.15. The van der Waals surface area contributed by atoms with Crippen LogP contribution in [0.25, 0.3) is 0 Å². The molecule has 2 heterocycles. The van der Waals surface area contributed by atoms with E-state index >= 15 is 0 Å². The highest BCUT2D eigenvalue weighted by Gasteiger charge is 2.56. The molecule has 2 aromatic rings. The topological polar surface area (TPSA) is 138 Å². The van der Waals surface area contributed by atoms with Gasteiger partial charge in [-0.25, -0.2) is 13.1 Å². The van der Waals surface area contributed by atoms with Crippen LogP contribution in [0.5, 0.6) is 6.01 Å². The van der Waals surface area contributed by atoms with Crippen molar-refractivity contribution in [3.63, 3.8) is 0 Å². The first-order valence-corrected chi connectivity index (χ1v) is 18.7. The van der Waals surface area contributed by atoms with Gasteiger partial charge in [-0.3, -0.25) is 4.79 Å². The lowest BCUT2D eigenvalue weighted by Crippen LogP contribution is -2.46. The number of likely N-dealkylation sites (tertiary alicyclic amines) is 1.